The summed E-state index contributed by atoms with van der Waals surface area (Å²) in [6, 6.07) is 12.0. The summed E-state index contributed by atoms with van der Waals surface area (Å²) in [6.07, 6.45) is 0. The Hall–Kier alpha value is -1.47. The van der Waals surface area contributed by atoms with Crippen molar-refractivity contribution in [1.29, 1.82) is 0 Å². The van der Waals surface area contributed by atoms with Crippen molar-refractivity contribution in [3.05, 3.63) is 52.5 Å². The van der Waals surface area contributed by atoms with Crippen LogP contribution in [-0.2, 0) is 0 Å². The van der Waals surface area contributed by atoms with Crippen LogP contribution in [0.15, 0.2) is 36.4 Å². The van der Waals surface area contributed by atoms with Crippen LogP contribution in [0.3, 0.4) is 0 Å². The molecule has 1 nitrogen and oxygen atoms in total. The smallest absolute Gasteiger partial charge is 0.0414 e. The fourth-order valence-corrected chi connectivity index (χ4v) is 2.10. The monoisotopic (exact) mass is 231 g/mol. The van der Waals surface area contributed by atoms with Gasteiger partial charge in [0.15, 0.2) is 0 Å². The van der Waals surface area contributed by atoms with E-state index < -0.39 is 0 Å². The fraction of sp³-hybridized carbons (Fsp3) is 0.143. The van der Waals surface area contributed by atoms with Gasteiger partial charge < -0.3 is 5.73 Å². The first-order valence-electron chi connectivity index (χ1n) is 5.20. The van der Waals surface area contributed by atoms with Gasteiger partial charge in [-0.1, -0.05) is 29.3 Å². The van der Waals surface area contributed by atoms with Crippen molar-refractivity contribution < 1.29 is 0 Å². The van der Waals surface area contributed by atoms with E-state index in [1.807, 2.05) is 31.2 Å². The van der Waals surface area contributed by atoms with Crippen LogP contribution in [0.1, 0.15) is 11.1 Å². The van der Waals surface area contributed by atoms with Gasteiger partial charge in [-0.2, -0.15) is 0 Å². The predicted octanol–water partition coefficient (Wildman–Crippen LogP) is 4.21. The third-order valence-electron chi connectivity index (χ3n) is 2.56. The molecule has 0 aliphatic heterocycles. The molecule has 0 heterocycles. The van der Waals surface area contributed by atoms with Crippen LogP contribution in [0.25, 0.3) is 11.1 Å². The van der Waals surface area contributed by atoms with Gasteiger partial charge in [0, 0.05) is 16.3 Å². The second-order valence-corrected chi connectivity index (χ2v) is 4.54. The number of nitrogens with two attached hydrogens (primary N) is 1. The number of hydrogen-bond donors (Lipinski definition) is 1. The first-order valence-corrected chi connectivity index (χ1v) is 5.58. The minimum Gasteiger partial charge on any atom is -0.398 e. The van der Waals surface area contributed by atoms with Gasteiger partial charge in [-0.25, -0.2) is 0 Å². The summed E-state index contributed by atoms with van der Waals surface area (Å²) >= 11 is 6.05. The van der Waals surface area contributed by atoms with Gasteiger partial charge in [-0.3, -0.25) is 0 Å². The highest BCUT2D eigenvalue weighted by Gasteiger charge is 2.04. The van der Waals surface area contributed by atoms with E-state index in [0.29, 0.717) is 0 Å². The highest BCUT2D eigenvalue weighted by molar-refractivity contribution is 6.31. The second kappa shape index (κ2) is 4.18. The van der Waals surface area contributed by atoms with Crippen LogP contribution < -0.4 is 5.73 Å². The molecule has 0 atom stereocenters. The molecule has 0 saturated carbocycles. The molecule has 0 radical (unpaired) electrons. The van der Waals surface area contributed by atoms with E-state index in [0.717, 1.165) is 27.4 Å². The van der Waals surface area contributed by atoms with Crippen LogP contribution in [-0.4, -0.2) is 0 Å². The number of benzene rings is 2. The van der Waals surface area contributed by atoms with Crippen LogP contribution in [0, 0.1) is 13.8 Å². The minimum atomic E-state index is 0.746. The number of nitrogen functional groups attached to an aromatic ring is 1. The maximum atomic E-state index is 6.05. The SMILES string of the molecule is Cc1cc(Cl)cc(-c2cc(C)ccc2N)c1. The molecule has 0 amide bonds. The Morgan fingerprint density at radius 2 is 1.69 bits per heavy atom. The normalized spacial score (nSPS) is 10.4. The van der Waals surface area contributed by atoms with Crippen LogP contribution >= 0.6 is 11.6 Å². The van der Waals surface area contributed by atoms with Crippen molar-refractivity contribution in [1.82, 2.24) is 0 Å². The van der Waals surface area contributed by atoms with Crippen molar-refractivity contribution in [2.75, 3.05) is 5.73 Å². The van der Waals surface area contributed by atoms with E-state index >= 15 is 0 Å². The van der Waals surface area contributed by atoms with E-state index in [1.54, 1.807) is 0 Å². The molecule has 0 aromatic heterocycles. The summed E-state index contributed by atoms with van der Waals surface area (Å²) in [7, 11) is 0. The zero-order chi connectivity index (χ0) is 11.7. The molecule has 0 unspecified atom stereocenters. The maximum absolute atomic E-state index is 6.05. The lowest BCUT2D eigenvalue weighted by Crippen LogP contribution is -1.91. The number of halogens is 1. The number of rotatable bonds is 1. The van der Waals surface area contributed by atoms with E-state index in [4.69, 9.17) is 17.3 Å². The van der Waals surface area contributed by atoms with Gasteiger partial charge in [0.05, 0.1) is 0 Å². The molecule has 82 valence electrons. The van der Waals surface area contributed by atoms with Crippen LogP contribution in [0.2, 0.25) is 5.02 Å². The molecule has 2 aromatic carbocycles. The van der Waals surface area contributed by atoms with E-state index in [1.165, 1.54) is 5.56 Å². The Kier molecular flexibility index (Phi) is 2.88. The molecule has 0 spiro atoms. The van der Waals surface area contributed by atoms with Crippen molar-refractivity contribution in [2.24, 2.45) is 0 Å². The first-order chi connectivity index (χ1) is 7.56. The lowest BCUT2D eigenvalue weighted by Gasteiger charge is -2.08. The molecular weight excluding hydrogens is 218 g/mol. The fourth-order valence-electron chi connectivity index (χ4n) is 1.81. The average molecular weight is 232 g/mol. The van der Waals surface area contributed by atoms with Gasteiger partial charge in [0.1, 0.15) is 0 Å². The number of anilines is 1. The van der Waals surface area contributed by atoms with Crippen molar-refractivity contribution >= 4 is 17.3 Å². The molecular formula is C14H14ClN. The molecule has 2 rings (SSSR count). The Balaban J connectivity index is 2.62. The predicted molar refractivity (Wildman–Crippen MR) is 70.8 cm³/mol. The molecule has 0 aliphatic carbocycles. The molecule has 0 aliphatic rings. The average Bonchev–Trinajstić information content (AvgIpc) is 2.20. The van der Waals surface area contributed by atoms with Gasteiger partial charge >= 0.3 is 0 Å². The van der Waals surface area contributed by atoms with Crippen molar-refractivity contribution in [3.8, 4) is 11.1 Å². The number of hydrogen-bond acceptors (Lipinski definition) is 1. The topological polar surface area (TPSA) is 26.0 Å². The summed E-state index contributed by atoms with van der Waals surface area (Å²) in [5, 5.41) is 0.746. The maximum Gasteiger partial charge on any atom is 0.0414 e. The highest BCUT2D eigenvalue weighted by atomic mass is 35.5. The van der Waals surface area contributed by atoms with Gasteiger partial charge in [0.25, 0.3) is 0 Å². The zero-order valence-electron chi connectivity index (χ0n) is 9.42. The molecule has 16 heavy (non-hydrogen) atoms. The van der Waals surface area contributed by atoms with Crippen molar-refractivity contribution in [3.63, 3.8) is 0 Å². The minimum absolute atomic E-state index is 0.746. The van der Waals surface area contributed by atoms with Crippen LogP contribution in [0.4, 0.5) is 5.69 Å². The lowest BCUT2D eigenvalue weighted by molar-refractivity contribution is 1.44. The molecule has 0 fully saturated rings. The van der Waals surface area contributed by atoms with E-state index in [2.05, 4.69) is 19.1 Å². The zero-order valence-corrected chi connectivity index (χ0v) is 10.2. The molecule has 2 aromatic rings. The number of aryl methyl sites for hydroxylation is 2. The Morgan fingerprint density at radius 3 is 2.38 bits per heavy atom. The summed E-state index contributed by atoms with van der Waals surface area (Å²) in [5.41, 5.74) is 11.2. The molecule has 2 heteroatoms. The highest BCUT2D eigenvalue weighted by Crippen LogP contribution is 2.29. The Morgan fingerprint density at radius 1 is 0.938 bits per heavy atom. The first kappa shape index (κ1) is 11.0. The Labute approximate surface area is 101 Å². The van der Waals surface area contributed by atoms with Crippen molar-refractivity contribution in [2.45, 2.75) is 13.8 Å². The van der Waals surface area contributed by atoms with Crippen LogP contribution in [0.5, 0.6) is 0 Å². The molecule has 0 bridgehead atoms. The van der Waals surface area contributed by atoms with E-state index in [9.17, 15) is 0 Å². The van der Waals surface area contributed by atoms with Gasteiger partial charge in [-0.15, -0.1) is 0 Å². The van der Waals surface area contributed by atoms with Gasteiger partial charge in [-0.05, 0) is 49.2 Å². The summed E-state index contributed by atoms with van der Waals surface area (Å²) < 4.78 is 0. The van der Waals surface area contributed by atoms with E-state index in [-0.39, 0.29) is 0 Å². The third kappa shape index (κ3) is 2.20. The summed E-state index contributed by atoms with van der Waals surface area (Å²) in [4.78, 5) is 0. The lowest BCUT2D eigenvalue weighted by atomic mass is 10.00. The second-order valence-electron chi connectivity index (χ2n) is 4.11. The third-order valence-corrected chi connectivity index (χ3v) is 2.78. The van der Waals surface area contributed by atoms with Gasteiger partial charge in [0.2, 0.25) is 0 Å². The largest absolute Gasteiger partial charge is 0.398 e. The molecule has 0 saturated heterocycles. The quantitative estimate of drug-likeness (QED) is 0.732. The Bertz CT molecular complexity index is 512. The summed E-state index contributed by atoms with van der Waals surface area (Å²) in [6.45, 7) is 4.09. The summed E-state index contributed by atoms with van der Waals surface area (Å²) in [5.74, 6) is 0. The standard InChI is InChI=1S/C14H14ClN/c1-9-3-4-14(16)13(7-9)11-5-10(2)6-12(15)8-11/h3-8H,16H2,1-2H3. The molecule has 2 N–H and O–H groups in total.